The zero-order valence-electron chi connectivity index (χ0n) is 14.9. The molecule has 136 valence electrons. The molecular weight excluding hydrogens is 320 g/mol. The number of hydrogen-bond donors (Lipinski definition) is 3. The molecule has 25 heavy (non-hydrogen) atoms. The van der Waals surface area contributed by atoms with E-state index < -0.39 is 18.2 Å². The Balaban J connectivity index is 1.85. The van der Waals surface area contributed by atoms with Gasteiger partial charge in [-0.05, 0) is 30.4 Å². The number of benzene rings is 1. The number of fused-ring (bicyclic) bond motifs is 1. The van der Waals surface area contributed by atoms with E-state index >= 15 is 0 Å². The van der Waals surface area contributed by atoms with Crippen molar-refractivity contribution in [3.63, 3.8) is 0 Å². The molecule has 0 spiro atoms. The van der Waals surface area contributed by atoms with Crippen molar-refractivity contribution in [2.45, 2.75) is 51.9 Å². The van der Waals surface area contributed by atoms with Crippen molar-refractivity contribution < 1.29 is 14.3 Å². The maximum absolute atomic E-state index is 11.7. The second-order valence-corrected chi connectivity index (χ2v) is 7.69. The number of amides is 1. The molecule has 1 aromatic carbocycles. The van der Waals surface area contributed by atoms with Gasteiger partial charge in [-0.2, -0.15) is 4.98 Å². The molecule has 7 nitrogen and oxygen atoms in total. The summed E-state index contributed by atoms with van der Waals surface area (Å²) in [5, 5.41) is 14.2. The molecule has 1 aliphatic heterocycles. The second kappa shape index (κ2) is 6.65. The first-order valence-corrected chi connectivity index (χ1v) is 8.62. The molecule has 2 heterocycles. The van der Waals surface area contributed by atoms with Gasteiger partial charge in [0.25, 0.3) is 6.01 Å². The van der Waals surface area contributed by atoms with Gasteiger partial charge in [-0.15, -0.1) is 0 Å². The van der Waals surface area contributed by atoms with Crippen LogP contribution in [-0.4, -0.2) is 45.8 Å². The SMILES string of the molecule is CC(C)(C)C(Nc1nc2ccccc2o1)C(O)N1CCCC1C(N)=O. The number of aromatic nitrogens is 1. The summed E-state index contributed by atoms with van der Waals surface area (Å²) in [4.78, 5) is 17.9. The summed E-state index contributed by atoms with van der Waals surface area (Å²) < 4.78 is 5.74. The molecule has 3 unspecified atom stereocenters. The molecule has 0 bridgehead atoms. The van der Waals surface area contributed by atoms with E-state index in [-0.39, 0.29) is 11.5 Å². The van der Waals surface area contributed by atoms with Crippen LogP contribution in [0.2, 0.25) is 0 Å². The summed E-state index contributed by atoms with van der Waals surface area (Å²) in [6.45, 7) is 6.69. The maximum Gasteiger partial charge on any atom is 0.296 e. The smallest absolute Gasteiger partial charge is 0.296 e. The van der Waals surface area contributed by atoms with Crippen LogP contribution in [0.25, 0.3) is 11.1 Å². The van der Waals surface area contributed by atoms with E-state index in [1.807, 2.05) is 45.0 Å². The summed E-state index contributed by atoms with van der Waals surface area (Å²) in [5.74, 6) is -0.397. The van der Waals surface area contributed by atoms with Crippen molar-refractivity contribution in [1.82, 2.24) is 9.88 Å². The second-order valence-electron chi connectivity index (χ2n) is 7.69. The lowest BCUT2D eigenvalue weighted by Crippen LogP contribution is -2.56. The van der Waals surface area contributed by atoms with Crippen molar-refractivity contribution >= 4 is 23.0 Å². The third-order valence-corrected chi connectivity index (χ3v) is 4.77. The fourth-order valence-electron chi connectivity index (χ4n) is 3.41. The van der Waals surface area contributed by atoms with E-state index in [0.717, 1.165) is 11.9 Å². The molecule has 0 radical (unpaired) electrons. The third-order valence-electron chi connectivity index (χ3n) is 4.77. The Bertz CT molecular complexity index is 719. The Morgan fingerprint density at radius 1 is 1.44 bits per heavy atom. The molecule has 1 fully saturated rings. The number of nitrogens with zero attached hydrogens (tertiary/aromatic N) is 2. The molecule has 3 rings (SSSR count). The van der Waals surface area contributed by atoms with Crippen molar-refractivity contribution in [2.75, 3.05) is 11.9 Å². The Labute approximate surface area is 147 Å². The number of rotatable bonds is 5. The van der Waals surface area contributed by atoms with Crippen molar-refractivity contribution in [2.24, 2.45) is 11.1 Å². The van der Waals surface area contributed by atoms with Crippen LogP contribution in [-0.2, 0) is 4.79 Å². The average Bonchev–Trinajstić information content (AvgIpc) is 3.17. The van der Waals surface area contributed by atoms with Gasteiger partial charge in [-0.25, -0.2) is 0 Å². The molecule has 7 heteroatoms. The van der Waals surface area contributed by atoms with Gasteiger partial charge in [-0.1, -0.05) is 32.9 Å². The number of aliphatic hydroxyl groups is 1. The summed E-state index contributed by atoms with van der Waals surface area (Å²) in [5.41, 5.74) is 6.63. The number of likely N-dealkylation sites (tertiary alicyclic amines) is 1. The molecule has 4 N–H and O–H groups in total. The van der Waals surface area contributed by atoms with Crippen LogP contribution in [0.5, 0.6) is 0 Å². The van der Waals surface area contributed by atoms with E-state index in [9.17, 15) is 9.90 Å². The molecule has 1 saturated heterocycles. The topological polar surface area (TPSA) is 105 Å². The highest BCUT2D eigenvalue weighted by atomic mass is 16.4. The Morgan fingerprint density at radius 2 is 2.16 bits per heavy atom. The van der Waals surface area contributed by atoms with Gasteiger partial charge in [0.05, 0.1) is 12.1 Å². The minimum atomic E-state index is -0.880. The first-order chi connectivity index (χ1) is 11.8. The van der Waals surface area contributed by atoms with Crippen LogP contribution in [0.4, 0.5) is 6.01 Å². The maximum atomic E-state index is 11.7. The number of oxazole rings is 1. The Morgan fingerprint density at radius 3 is 2.80 bits per heavy atom. The molecular formula is C18H26N4O3. The zero-order chi connectivity index (χ0) is 18.2. The van der Waals surface area contributed by atoms with E-state index in [2.05, 4.69) is 10.3 Å². The van der Waals surface area contributed by atoms with Crippen LogP contribution in [0.15, 0.2) is 28.7 Å². The molecule has 0 aliphatic carbocycles. The lowest BCUT2D eigenvalue weighted by molar-refractivity contribution is -0.127. The molecule has 1 amide bonds. The van der Waals surface area contributed by atoms with Crippen molar-refractivity contribution in [3.8, 4) is 0 Å². The van der Waals surface area contributed by atoms with E-state index in [4.69, 9.17) is 10.2 Å². The minimum Gasteiger partial charge on any atom is -0.424 e. The first-order valence-electron chi connectivity index (χ1n) is 8.62. The summed E-state index contributed by atoms with van der Waals surface area (Å²) in [7, 11) is 0. The molecule has 3 atom stereocenters. The van der Waals surface area contributed by atoms with Gasteiger partial charge in [0.15, 0.2) is 5.58 Å². The van der Waals surface area contributed by atoms with Gasteiger partial charge in [0.2, 0.25) is 5.91 Å². The molecule has 1 aliphatic rings. The predicted molar refractivity (Wildman–Crippen MR) is 95.8 cm³/mol. The Kier molecular flexibility index (Phi) is 4.71. The summed E-state index contributed by atoms with van der Waals surface area (Å²) in [6, 6.07) is 7.03. The Hall–Kier alpha value is -2.12. The third kappa shape index (κ3) is 3.62. The molecule has 2 aromatic rings. The highest BCUT2D eigenvalue weighted by molar-refractivity contribution is 5.80. The molecule has 1 aromatic heterocycles. The zero-order valence-corrected chi connectivity index (χ0v) is 14.9. The predicted octanol–water partition coefficient (Wildman–Crippen LogP) is 1.92. The number of aliphatic hydroxyl groups excluding tert-OH is 1. The summed E-state index contributed by atoms with van der Waals surface area (Å²) in [6.07, 6.45) is 0.631. The quantitative estimate of drug-likeness (QED) is 0.764. The summed E-state index contributed by atoms with van der Waals surface area (Å²) >= 11 is 0. The monoisotopic (exact) mass is 346 g/mol. The number of nitrogens with one attached hydrogen (secondary N) is 1. The fraction of sp³-hybridized carbons (Fsp3) is 0.556. The number of para-hydroxylation sites is 2. The molecule has 0 saturated carbocycles. The van der Waals surface area contributed by atoms with Gasteiger partial charge >= 0.3 is 0 Å². The van der Waals surface area contributed by atoms with Gasteiger partial charge < -0.3 is 20.6 Å². The van der Waals surface area contributed by atoms with Gasteiger partial charge in [-0.3, -0.25) is 9.69 Å². The van der Waals surface area contributed by atoms with Crippen LogP contribution in [0.1, 0.15) is 33.6 Å². The van der Waals surface area contributed by atoms with Crippen molar-refractivity contribution in [3.05, 3.63) is 24.3 Å². The average molecular weight is 346 g/mol. The van der Waals surface area contributed by atoms with E-state index in [0.29, 0.717) is 24.6 Å². The minimum absolute atomic E-state index is 0.301. The first kappa shape index (κ1) is 17.7. The fourth-order valence-corrected chi connectivity index (χ4v) is 3.41. The largest absolute Gasteiger partial charge is 0.424 e. The van der Waals surface area contributed by atoms with Crippen LogP contribution in [0, 0.1) is 5.41 Å². The lowest BCUT2D eigenvalue weighted by Gasteiger charge is -2.40. The number of carbonyl (C=O) groups excluding carboxylic acids is 1. The highest BCUT2D eigenvalue weighted by Crippen LogP contribution is 2.31. The highest BCUT2D eigenvalue weighted by Gasteiger charge is 2.41. The van der Waals surface area contributed by atoms with Gasteiger partial charge in [0.1, 0.15) is 11.7 Å². The van der Waals surface area contributed by atoms with Gasteiger partial charge in [0, 0.05) is 6.54 Å². The number of anilines is 1. The van der Waals surface area contributed by atoms with Crippen molar-refractivity contribution in [1.29, 1.82) is 0 Å². The number of nitrogens with two attached hydrogens (primary N) is 1. The lowest BCUT2D eigenvalue weighted by atomic mass is 9.85. The van der Waals surface area contributed by atoms with Crippen LogP contribution < -0.4 is 11.1 Å². The van der Waals surface area contributed by atoms with Crippen LogP contribution in [0.3, 0.4) is 0 Å². The normalized spacial score (nSPS) is 21.4. The number of primary amides is 1. The number of carbonyl (C=O) groups is 1. The van der Waals surface area contributed by atoms with E-state index in [1.54, 1.807) is 4.90 Å². The standard InChI is InChI=1S/C18H26N4O3/c1-18(2,3)14(16(24)22-10-6-8-12(22)15(19)23)21-17-20-11-7-4-5-9-13(11)25-17/h4-5,7,9,12,14,16,24H,6,8,10H2,1-3H3,(H2,19,23)(H,20,21). The van der Waals surface area contributed by atoms with E-state index in [1.165, 1.54) is 0 Å². The number of hydrogen-bond acceptors (Lipinski definition) is 6. The van der Waals surface area contributed by atoms with Crippen LogP contribution >= 0.6 is 0 Å².